The average molecular weight is 570 g/mol. The number of benzene rings is 3. The zero-order valence-electron chi connectivity index (χ0n) is 17.4. The highest BCUT2D eigenvalue weighted by molar-refractivity contribution is 9.10. The van der Waals surface area contributed by atoms with Gasteiger partial charge in [0.1, 0.15) is 0 Å². The minimum Gasteiger partial charge on any atom is -0.325 e. The molecule has 0 fully saturated rings. The highest BCUT2D eigenvalue weighted by Crippen LogP contribution is 2.26. The van der Waals surface area contributed by atoms with E-state index in [9.17, 15) is 18.0 Å². The molecule has 0 radical (unpaired) electrons. The molecule has 1 N–H and O–H groups in total. The monoisotopic (exact) mass is 568 g/mol. The second kappa shape index (κ2) is 10.8. The molecule has 10 heteroatoms. The van der Waals surface area contributed by atoms with Crippen molar-refractivity contribution in [1.82, 2.24) is 4.31 Å². The molecule has 3 aromatic carbocycles. The molecule has 33 heavy (non-hydrogen) atoms. The van der Waals surface area contributed by atoms with Crippen LogP contribution in [0, 0.1) is 0 Å². The van der Waals surface area contributed by atoms with Gasteiger partial charge in [0.05, 0.1) is 11.4 Å². The van der Waals surface area contributed by atoms with Gasteiger partial charge in [0.2, 0.25) is 15.9 Å². The summed E-state index contributed by atoms with van der Waals surface area (Å²) in [7, 11) is -4.05. The molecule has 172 valence electrons. The van der Waals surface area contributed by atoms with Crippen molar-refractivity contribution < 1.29 is 18.0 Å². The standard InChI is InChI=1S/C23H19BrCl2N2O4S/c1-15(29)16-3-2-4-20(11-16)27-23(30)14-28(13-17-5-8-19(25)12-22(17)26)33(31,32)21-9-6-18(24)7-10-21/h2-12H,13-14H2,1H3,(H,27,30). The van der Waals surface area contributed by atoms with Crippen LogP contribution >= 0.6 is 39.1 Å². The van der Waals surface area contributed by atoms with Crippen LogP contribution < -0.4 is 5.32 Å². The van der Waals surface area contributed by atoms with Crippen LogP contribution in [-0.2, 0) is 21.4 Å². The molecule has 0 saturated carbocycles. The number of ketones is 1. The van der Waals surface area contributed by atoms with Crippen LogP contribution in [0.4, 0.5) is 5.69 Å². The van der Waals surface area contributed by atoms with Crippen LogP contribution in [0.2, 0.25) is 10.0 Å². The highest BCUT2D eigenvalue weighted by Gasteiger charge is 2.27. The Balaban J connectivity index is 1.90. The van der Waals surface area contributed by atoms with Crippen LogP contribution in [0.5, 0.6) is 0 Å². The van der Waals surface area contributed by atoms with E-state index in [4.69, 9.17) is 23.2 Å². The van der Waals surface area contributed by atoms with Gasteiger partial charge in [-0.25, -0.2) is 8.42 Å². The second-order valence-corrected chi connectivity index (χ2v) is 10.8. The fraction of sp³-hybridized carbons (Fsp3) is 0.130. The lowest BCUT2D eigenvalue weighted by atomic mass is 10.1. The molecule has 0 unspecified atom stereocenters. The molecule has 0 aliphatic heterocycles. The van der Waals surface area contributed by atoms with E-state index >= 15 is 0 Å². The molecule has 3 aromatic rings. The number of Topliss-reactive ketones (excluding diaryl/α,β-unsaturated/α-hetero) is 1. The van der Waals surface area contributed by atoms with Crippen LogP contribution in [0.3, 0.4) is 0 Å². The predicted molar refractivity (Wildman–Crippen MR) is 133 cm³/mol. The zero-order chi connectivity index (χ0) is 24.2. The van der Waals surface area contributed by atoms with Gasteiger partial charge in [-0.3, -0.25) is 9.59 Å². The average Bonchev–Trinajstić information content (AvgIpc) is 2.75. The molecular formula is C23H19BrCl2N2O4S. The Kier molecular flexibility index (Phi) is 8.31. The molecular weight excluding hydrogens is 551 g/mol. The van der Waals surface area contributed by atoms with Crippen molar-refractivity contribution in [3.63, 3.8) is 0 Å². The van der Waals surface area contributed by atoms with Crippen molar-refractivity contribution in [3.05, 3.63) is 92.4 Å². The number of hydrogen-bond acceptors (Lipinski definition) is 4. The van der Waals surface area contributed by atoms with E-state index in [0.717, 1.165) is 8.78 Å². The summed E-state index contributed by atoms with van der Waals surface area (Å²) in [6, 6.07) is 17.2. The van der Waals surface area contributed by atoms with Gasteiger partial charge in [-0.05, 0) is 61.0 Å². The van der Waals surface area contributed by atoms with Gasteiger partial charge >= 0.3 is 0 Å². The number of carbonyl (C=O) groups is 2. The van der Waals surface area contributed by atoms with Crippen LogP contribution in [-0.4, -0.2) is 31.0 Å². The first-order chi connectivity index (χ1) is 15.6. The van der Waals surface area contributed by atoms with Crippen LogP contribution in [0.25, 0.3) is 0 Å². The minimum absolute atomic E-state index is 0.0298. The SMILES string of the molecule is CC(=O)c1cccc(NC(=O)CN(Cc2ccc(Cl)cc2Cl)S(=O)(=O)c2ccc(Br)cc2)c1. The molecule has 0 aromatic heterocycles. The van der Waals surface area contributed by atoms with Gasteiger partial charge in [0.25, 0.3) is 0 Å². The minimum atomic E-state index is -4.05. The Labute approximate surface area is 210 Å². The predicted octanol–water partition coefficient (Wildman–Crippen LogP) is 5.79. The first-order valence-corrected chi connectivity index (χ1v) is 12.7. The van der Waals surface area contributed by atoms with E-state index in [2.05, 4.69) is 21.2 Å². The number of rotatable bonds is 8. The molecule has 1 amide bonds. The van der Waals surface area contributed by atoms with E-state index in [1.54, 1.807) is 42.5 Å². The van der Waals surface area contributed by atoms with Gasteiger partial charge in [0, 0.05) is 32.3 Å². The quantitative estimate of drug-likeness (QED) is 0.348. The smallest absolute Gasteiger partial charge is 0.243 e. The molecule has 0 heterocycles. The third kappa shape index (κ3) is 6.65. The second-order valence-electron chi connectivity index (χ2n) is 7.15. The molecule has 0 aliphatic rings. The number of hydrogen-bond donors (Lipinski definition) is 1. The van der Waals surface area contributed by atoms with Crippen molar-refractivity contribution in [2.24, 2.45) is 0 Å². The summed E-state index contributed by atoms with van der Waals surface area (Å²) in [6.07, 6.45) is 0. The van der Waals surface area contributed by atoms with E-state index in [1.807, 2.05) is 0 Å². The third-order valence-corrected chi connectivity index (χ3v) is 7.61. The van der Waals surface area contributed by atoms with Gasteiger partial charge < -0.3 is 5.32 Å². The Bertz CT molecular complexity index is 1300. The molecule has 6 nitrogen and oxygen atoms in total. The summed E-state index contributed by atoms with van der Waals surface area (Å²) in [6.45, 7) is 0.806. The van der Waals surface area contributed by atoms with Crippen LogP contribution in [0.1, 0.15) is 22.8 Å². The molecule has 3 rings (SSSR count). The van der Waals surface area contributed by atoms with Crippen molar-refractivity contribution in [1.29, 1.82) is 0 Å². The van der Waals surface area contributed by atoms with Crippen molar-refractivity contribution >= 4 is 66.5 Å². The number of amides is 1. The number of halogens is 3. The Morgan fingerprint density at radius 1 is 1.00 bits per heavy atom. The van der Waals surface area contributed by atoms with Crippen molar-refractivity contribution in [2.45, 2.75) is 18.4 Å². The number of anilines is 1. The summed E-state index contributed by atoms with van der Waals surface area (Å²) in [5.41, 5.74) is 1.31. The van der Waals surface area contributed by atoms with Crippen LogP contribution in [0.15, 0.2) is 76.1 Å². The fourth-order valence-corrected chi connectivity index (χ4v) is 5.11. The number of sulfonamides is 1. The Hall–Kier alpha value is -2.23. The maximum absolute atomic E-state index is 13.4. The fourth-order valence-electron chi connectivity index (χ4n) is 3.00. The zero-order valence-corrected chi connectivity index (χ0v) is 21.3. The van der Waals surface area contributed by atoms with E-state index in [0.29, 0.717) is 21.8 Å². The van der Waals surface area contributed by atoms with Crippen molar-refractivity contribution in [3.8, 4) is 0 Å². The largest absolute Gasteiger partial charge is 0.325 e. The number of nitrogens with one attached hydrogen (secondary N) is 1. The summed E-state index contributed by atoms with van der Waals surface area (Å²) >= 11 is 15.5. The lowest BCUT2D eigenvalue weighted by Gasteiger charge is -2.22. The van der Waals surface area contributed by atoms with Gasteiger partial charge in [-0.1, -0.05) is 57.3 Å². The maximum Gasteiger partial charge on any atom is 0.243 e. The lowest BCUT2D eigenvalue weighted by Crippen LogP contribution is -2.37. The number of nitrogens with zero attached hydrogens (tertiary/aromatic N) is 1. The first kappa shape index (κ1) is 25.4. The molecule has 0 saturated heterocycles. The Morgan fingerprint density at radius 2 is 1.70 bits per heavy atom. The van der Waals surface area contributed by atoms with E-state index in [-0.39, 0.29) is 22.2 Å². The summed E-state index contributed by atoms with van der Waals surface area (Å²) in [5, 5.41) is 3.35. The first-order valence-electron chi connectivity index (χ1n) is 9.67. The van der Waals surface area contributed by atoms with Crippen molar-refractivity contribution in [2.75, 3.05) is 11.9 Å². The maximum atomic E-state index is 13.4. The normalized spacial score (nSPS) is 11.4. The van der Waals surface area contributed by atoms with Gasteiger partial charge in [-0.2, -0.15) is 4.31 Å². The summed E-state index contributed by atoms with van der Waals surface area (Å²) in [5.74, 6) is -0.718. The summed E-state index contributed by atoms with van der Waals surface area (Å²) < 4.78 is 28.5. The summed E-state index contributed by atoms with van der Waals surface area (Å²) in [4.78, 5) is 24.4. The highest BCUT2D eigenvalue weighted by atomic mass is 79.9. The topological polar surface area (TPSA) is 83.6 Å². The lowest BCUT2D eigenvalue weighted by molar-refractivity contribution is -0.116. The Morgan fingerprint density at radius 3 is 2.33 bits per heavy atom. The van der Waals surface area contributed by atoms with E-state index in [1.165, 1.54) is 31.2 Å². The molecule has 0 bridgehead atoms. The molecule has 0 atom stereocenters. The van der Waals surface area contributed by atoms with Gasteiger partial charge in [-0.15, -0.1) is 0 Å². The third-order valence-electron chi connectivity index (χ3n) is 4.69. The van der Waals surface area contributed by atoms with Gasteiger partial charge in [0.15, 0.2) is 5.78 Å². The van der Waals surface area contributed by atoms with E-state index < -0.39 is 22.5 Å². The molecule has 0 aliphatic carbocycles. The molecule has 0 spiro atoms. The number of carbonyl (C=O) groups excluding carboxylic acids is 2.